The van der Waals surface area contributed by atoms with Crippen LogP contribution in [0.3, 0.4) is 0 Å². The molecule has 3 atom stereocenters. The van der Waals surface area contributed by atoms with Crippen LogP contribution >= 0.6 is 11.8 Å². The van der Waals surface area contributed by atoms with Crippen LogP contribution in [0.2, 0.25) is 0 Å². The van der Waals surface area contributed by atoms with Gasteiger partial charge >= 0.3 is 0 Å². The van der Waals surface area contributed by atoms with Crippen molar-refractivity contribution in [3.63, 3.8) is 0 Å². The Kier molecular flexibility index (Phi) is 4.72. The van der Waals surface area contributed by atoms with Gasteiger partial charge in [-0.25, -0.2) is 0 Å². The summed E-state index contributed by atoms with van der Waals surface area (Å²) in [5, 5.41) is 9.79. The van der Waals surface area contributed by atoms with Crippen LogP contribution in [0.4, 0.5) is 0 Å². The van der Waals surface area contributed by atoms with Gasteiger partial charge in [0.25, 0.3) is 0 Å². The SMILES string of the molecule is CCC1CCC(C#N)C(Sc2ccccc2C)C1. The Balaban J connectivity index is 2.10. The van der Waals surface area contributed by atoms with E-state index in [0.717, 1.165) is 12.3 Å². The van der Waals surface area contributed by atoms with Gasteiger partial charge in [0, 0.05) is 10.1 Å². The molecule has 0 amide bonds. The van der Waals surface area contributed by atoms with E-state index in [1.54, 1.807) is 0 Å². The zero-order valence-electron chi connectivity index (χ0n) is 11.2. The van der Waals surface area contributed by atoms with E-state index >= 15 is 0 Å². The van der Waals surface area contributed by atoms with Gasteiger partial charge < -0.3 is 0 Å². The van der Waals surface area contributed by atoms with Crippen LogP contribution in [0, 0.1) is 30.1 Å². The first kappa shape index (κ1) is 13.5. The molecule has 1 aliphatic carbocycles. The Morgan fingerprint density at radius 2 is 2.11 bits per heavy atom. The molecule has 1 nitrogen and oxygen atoms in total. The first-order chi connectivity index (χ1) is 8.74. The third kappa shape index (κ3) is 3.09. The van der Waals surface area contributed by atoms with Gasteiger partial charge in [-0.15, -0.1) is 11.8 Å². The molecular formula is C16H21NS. The Morgan fingerprint density at radius 3 is 2.78 bits per heavy atom. The molecule has 0 N–H and O–H groups in total. The first-order valence-corrected chi connectivity index (χ1v) is 7.74. The maximum Gasteiger partial charge on any atom is 0.0667 e. The van der Waals surface area contributed by atoms with E-state index < -0.39 is 0 Å². The molecule has 96 valence electrons. The molecular weight excluding hydrogens is 238 g/mol. The summed E-state index contributed by atoms with van der Waals surface area (Å²) in [6, 6.07) is 11.0. The third-order valence-corrected chi connectivity index (χ3v) is 5.55. The van der Waals surface area contributed by atoms with Gasteiger partial charge in [-0.3, -0.25) is 0 Å². The summed E-state index contributed by atoms with van der Waals surface area (Å²) in [7, 11) is 0. The minimum Gasteiger partial charge on any atom is -0.198 e. The summed E-state index contributed by atoms with van der Waals surface area (Å²) in [5.41, 5.74) is 1.33. The lowest BCUT2D eigenvalue weighted by Crippen LogP contribution is -2.26. The van der Waals surface area contributed by atoms with Crippen molar-refractivity contribution in [2.45, 2.75) is 49.7 Å². The summed E-state index contributed by atoms with van der Waals surface area (Å²) in [6.07, 6.45) is 4.77. The lowest BCUT2D eigenvalue weighted by Gasteiger charge is -2.32. The number of nitriles is 1. The molecule has 3 unspecified atom stereocenters. The molecule has 0 radical (unpaired) electrons. The predicted octanol–water partition coefficient (Wildman–Crippen LogP) is 4.81. The average Bonchev–Trinajstić information content (AvgIpc) is 2.41. The maximum atomic E-state index is 9.30. The molecule has 1 fully saturated rings. The van der Waals surface area contributed by atoms with Gasteiger partial charge in [-0.2, -0.15) is 5.26 Å². The molecule has 0 saturated heterocycles. The van der Waals surface area contributed by atoms with E-state index in [-0.39, 0.29) is 5.92 Å². The number of thioether (sulfide) groups is 1. The predicted molar refractivity (Wildman–Crippen MR) is 77.6 cm³/mol. The van der Waals surface area contributed by atoms with E-state index in [0.29, 0.717) is 5.25 Å². The number of rotatable bonds is 3. The number of aryl methyl sites for hydroxylation is 1. The van der Waals surface area contributed by atoms with Gasteiger partial charge in [-0.1, -0.05) is 31.5 Å². The van der Waals surface area contributed by atoms with E-state index in [2.05, 4.69) is 44.2 Å². The smallest absolute Gasteiger partial charge is 0.0667 e. The topological polar surface area (TPSA) is 23.8 Å². The van der Waals surface area contributed by atoms with Crippen molar-refractivity contribution in [2.24, 2.45) is 11.8 Å². The van der Waals surface area contributed by atoms with E-state index in [1.165, 1.54) is 29.7 Å². The van der Waals surface area contributed by atoms with Crippen molar-refractivity contribution in [1.82, 2.24) is 0 Å². The normalized spacial score (nSPS) is 27.7. The van der Waals surface area contributed by atoms with Gasteiger partial charge in [0.15, 0.2) is 0 Å². The lowest BCUT2D eigenvalue weighted by molar-refractivity contribution is 0.317. The fraction of sp³-hybridized carbons (Fsp3) is 0.562. The highest BCUT2D eigenvalue weighted by Gasteiger charge is 2.30. The van der Waals surface area contributed by atoms with Crippen LogP contribution in [-0.2, 0) is 0 Å². The van der Waals surface area contributed by atoms with Crippen molar-refractivity contribution in [2.75, 3.05) is 0 Å². The van der Waals surface area contributed by atoms with E-state index in [9.17, 15) is 5.26 Å². The molecule has 0 aromatic heterocycles. The minimum absolute atomic E-state index is 0.234. The highest BCUT2D eigenvalue weighted by molar-refractivity contribution is 8.00. The second-order valence-corrected chi connectivity index (χ2v) is 6.53. The van der Waals surface area contributed by atoms with Crippen molar-refractivity contribution >= 4 is 11.8 Å². The average molecular weight is 259 g/mol. The second-order valence-electron chi connectivity index (χ2n) is 5.24. The molecule has 1 aromatic rings. The number of hydrogen-bond acceptors (Lipinski definition) is 2. The molecule has 0 bridgehead atoms. The molecule has 2 rings (SSSR count). The Labute approximate surface area is 115 Å². The fourth-order valence-corrected chi connectivity index (χ4v) is 4.18. The van der Waals surface area contributed by atoms with Crippen molar-refractivity contribution < 1.29 is 0 Å². The van der Waals surface area contributed by atoms with Crippen molar-refractivity contribution in [3.05, 3.63) is 29.8 Å². The molecule has 1 saturated carbocycles. The Hall–Kier alpha value is -0.940. The molecule has 18 heavy (non-hydrogen) atoms. The number of benzene rings is 1. The Morgan fingerprint density at radius 1 is 1.33 bits per heavy atom. The van der Waals surface area contributed by atoms with Crippen LogP contribution in [0.5, 0.6) is 0 Å². The van der Waals surface area contributed by atoms with Crippen molar-refractivity contribution in [3.8, 4) is 6.07 Å². The molecule has 1 aliphatic rings. The minimum atomic E-state index is 0.234. The molecule has 2 heteroatoms. The number of hydrogen-bond donors (Lipinski definition) is 0. The quantitative estimate of drug-likeness (QED) is 0.778. The van der Waals surface area contributed by atoms with Gasteiger partial charge in [0.1, 0.15) is 0 Å². The monoisotopic (exact) mass is 259 g/mol. The standard InChI is InChI=1S/C16H21NS/c1-3-13-8-9-14(11-17)16(10-13)18-15-7-5-4-6-12(15)2/h4-7,13-14,16H,3,8-10H2,1-2H3. The Bertz CT molecular complexity index is 435. The number of nitrogens with zero attached hydrogens (tertiary/aromatic N) is 1. The zero-order valence-corrected chi connectivity index (χ0v) is 12.0. The summed E-state index contributed by atoms with van der Waals surface area (Å²) < 4.78 is 0. The molecule has 1 aromatic carbocycles. The van der Waals surface area contributed by atoms with Crippen LogP contribution in [-0.4, -0.2) is 5.25 Å². The maximum absolute atomic E-state index is 9.30. The van der Waals surface area contributed by atoms with Gasteiger partial charge in [0.2, 0.25) is 0 Å². The summed E-state index contributed by atoms with van der Waals surface area (Å²) in [6.45, 7) is 4.43. The molecule has 0 spiro atoms. The highest BCUT2D eigenvalue weighted by atomic mass is 32.2. The van der Waals surface area contributed by atoms with Crippen LogP contribution in [0.15, 0.2) is 29.2 Å². The summed E-state index contributed by atoms with van der Waals surface area (Å²) >= 11 is 1.92. The fourth-order valence-electron chi connectivity index (χ4n) is 2.71. The first-order valence-electron chi connectivity index (χ1n) is 6.86. The van der Waals surface area contributed by atoms with Crippen LogP contribution in [0.1, 0.15) is 38.2 Å². The van der Waals surface area contributed by atoms with Crippen LogP contribution < -0.4 is 0 Å². The largest absolute Gasteiger partial charge is 0.198 e. The molecule has 0 aliphatic heterocycles. The summed E-state index contributed by atoms with van der Waals surface area (Å²) in [5.74, 6) is 1.05. The summed E-state index contributed by atoms with van der Waals surface area (Å²) in [4.78, 5) is 1.35. The van der Waals surface area contributed by atoms with Gasteiger partial charge in [0.05, 0.1) is 12.0 Å². The highest BCUT2D eigenvalue weighted by Crippen LogP contribution is 2.41. The van der Waals surface area contributed by atoms with E-state index in [1.807, 2.05) is 11.8 Å². The van der Waals surface area contributed by atoms with Crippen LogP contribution in [0.25, 0.3) is 0 Å². The van der Waals surface area contributed by atoms with Crippen molar-refractivity contribution in [1.29, 1.82) is 5.26 Å². The lowest BCUT2D eigenvalue weighted by atomic mass is 9.81. The second kappa shape index (κ2) is 6.29. The molecule has 0 heterocycles. The zero-order chi connectivity index (χ0) is 13.0. The van der Waals surface area contributed by atoms with E-state index in [4.69, 9.17) is 0 Å². The van der Waals surface area contributed by atoms with Gasteiger partial charge in [-0.05, 0) is 43.7 Å². The third-order valence-electron chi connectivity index (χ3n) is 4.02.